The van der Waals surface area contributed by atoms with Gasteiger partial charge in [0, 0.05) is 25.5 Å². The average Bonchev–Trinajstić information content (AvgIpc) is 3.33. The Morgan fingerprint density at radius 1 is 1.36 bits per heavy atom. The minimum absolute atomic E-state index is 0.0939. The Labute approximate surface area is 166 Å². The van der Waals surface area contributed by atoms with Crippen LogP contribution in [0, 0.1) is 6.92 Å². The molecule has 0 spiro atoms. The summed E-state index contributed by atoms with van der Waals surface area (Å²) in [6.07, 6.45) is 7.43. The van der Waals surface area contributed by atoms with Gasteiger partial charge in [-0.1, -0.05) is 19.3 Å². The molecule has 0 radical (unpaired) electrons. The molecule has 0 unspecified atom stereocenters. The Morgan fingerprint density at radius 3 is 2.79 bits per heavy atom. The third kappa shape index (κ3) is 3.34. The van der Waals surface area contributed by atoms with E-state index in [0.717, 1.165) is 33.3 Å². The lowest BCUT2D eigenvalue weighted by molar-refractivity contribution is 0.0956. The summed E-state index contributed by atoms with van der Waals surface area (Å²) in [5.41, 5.74) is 0.652. The lowest BCUT2D eigenvalue weighted by atomic mass is 9.96. The Hall–Kier alpha value is -2.55. The molecule has 2 N–H and O–H groups in total. The summed E-state index contributed by atoms with van der Waals surface area (Å²) in [6, 6.07) is 2.34. The van der Waals surface area contributed by atoms with Crippen LogP contribution in [0.5, 0.6) is 5.88 Å². The number of rotatable bonds is 5. The predicted molar refractivity (Wildman–Crippen MR) is 108 cm³/mol. The first-order valence-corrected chi connectivity index (χ1v) is 10.5. The monoisotopic (exact) mass is 403 g/mol. The van der Waals surface area contributed by atoms with Gasteiger partial charge in [0.05, 0.1) is 22.8 Å². The molecule has 1 aliphatic rings. The summed E-state index contributed by atoms with van der Waals surface area (Å²) in [7, 11) is 1.50. The molecule has 1 fully saturated rings. The Kier molecular flexibility index (Phi) is 5.01. The highest BCUT2D eigenvalue weighted by molar-refractivity contribution is 7.20. The van der Waals surface area contributed by atoms with Crippen molar-refractivity contribution in [2.24, 2.45) is 7.05 Å². The molecule has 0 aliphatic heterocycles. The smallest absolute Gasteiger partial charge is 0.330 e. The molecule has 0 atom stereocenters. The van der Waals surface area contributed by atoms with E-state index in [4.69, 9.17) is 5.10 Å². The van der Waals surface area contributed by atoms with E-state index in [-0.39, 0.29) is 17.5 Å². The number of hydrogen-bond donors (Lipinski definition) is 2. The van der Waals surface area contributed by atoms with Gasteiger partial charge in [-0.05, 0) is 25.8 Å². The van der Waals surface area contributed by atoms with Crippen molar-refractivity contribution in [1.82, 2.24) is 24.2 Å². The molecule has 3 heterocycles. The van der Waals surface area contributed by atoms with Crippen LogP contribution in [0.3, 0.4) is 0 Å². The van der Waals surface area contributed by atoms with Gasteiger partial charge in [-0.2, -0.15) is 5.10 Å². The number of carbonyl (C=O) groups is 1. The van der Waals surface area contributed by atoms with Gasteiger partial charge in [0.1, 0.15) is 4.83 Å². The van der Waals surface area contributed by atoms with Crippen molar-refractivity contribution in [3.8, 4) is 5.88 Å². The number of aromatic hydroxyl groups is 1. The normalized spacial score (nSPS) is 15.4. The van der Waals surface area contributed by atoms with Gasteiger partial charge in [0.25, 0.3) is 5.91 Å². The van der Waals surface area contributed by atoms with Crippen molar-refractivity contribution in [3.63, 3.8) is 0 Å². The van der Waals surface area contributed by atoms with Crippen molar-refractivity contribution in [2.75, 3.05) is 6.54 Å². The SMILES string of the molecule is Cc1nn(C2CCCCC2)c2sc(C(=O)NCCn3cc(O)n(C)c3=O)cc12. The fraction of sp³-hybridized carbons (Fsp3) is 0.526. The van der Waals surface area contributed by atoms with Gasteiger partial charge in [0.2, 0.25) is 5.88 Å². The molecule has 1 amide bonds. The molecule has 1 saturated carbocycles. The van der Waals surface area contributed by atoms with E-state index >= 15 is 0 Å². The Bertz CT molecular complexity index is 1070. The van der Waals surface area contributed by atoms with Gasteiger partial charge >= 0.3 is 5.69 Å². The van der Waals surface area contributed by atoms with Crippen LogP contribution in [0.1, 0.15) is 53.5 Å². The number of imidazole rings is 1. The summed E-state index contributed by atoms with van der Waals surface area (Å²) in [6.45, 7) is 2.60. The van der Waals surface area contributed by atoms with Gasteiger partial charge in [-0.15, -0.1) is 11.3 Å². The molecular formula is C19H25N5O3S. The van der Waals surface area contributed by atoms with E-state index in [1.807, 2.05) is 13.0 Å². The fourth-order valence-electron chi connectivity index (χ4n) is 3.87. The lowest BCUT2D eigenvalue weighted by Gasteiger charge is -2.22. The van der Waals surface area contributed by atoms with E-state index in [9.17, 15) is 14.7 Å². The number of hydrogen-bond acceptors (Lipinski definition) is 5. The van der Waals surface area contributed by atoms with Crippen molar-refractivity contribution in [2.45, 2.75) is 51.6 Å². The summed E-state index contributed by atoms with van der Waals surface area (Å²) in [5.74, 6) is -0.243. The highest BCUT2D eigenvalue weighted by Gasteiger charge is 2.22. The molecule has 0 bridgehead atoms. The average molecular weight is 404 g/mol. The van der Waals surface area contributed by atoms with Gasteiger partial charge in [-0.3, -0.25) is 18.6 Å². The quantitative estimate of drug-likeness (QED) is 0.685. The van der Waals surface area contributed by atoms with Crippen LogP contribution in [0.4, 0.5) is 0 Å². The fourth-order valence-corrected chi connectivity index (χ4v) is 5.02. The van der Waals surface area contributed by atoms with Crippen LogP contribution in [0.15, 0.2) is 17.1 Å². The van der Waals surface area contributed by atoms with E-state index in [1.165, 1.54) is 48.4 Å². The molecule has 8 nitrogen and oxygen atoms in total. The zero-order chi connectivity index (χ0) is 19.8. The van der Waals surface area contributed by atoms with Crippen LogP contribution in [0.25, 0.3) is 10.2 Å². The second kappa shape index (κ2) is 7.46. The Balaban J connectivity index is 1.47. The minimum atomic E-state index is -0.309. The summed E-state index contributed by atoms with van der Waals surface area (Å²) in [4.78, 5) is 26.2. The van der Waals surface area contributed by atoms with Crippen molar-refractivity contribution in [1.29, 1.82) is 0 Å². The maximum absolute atomic E-state index is 12.6. The van der Waals surface area contributed by atoms with Gasteiger partial charge in [-0.25, -0.2) is 4.79 Å². The second-order valence-electron chi connectivity index (χ2n) is 7.43. The number of nitrogens with zero attached hydrogens (tertiary/aromatic N) is 4. The van der Waals surface area contributed by atoms with Gasteiger partial charge in [0.15, 0.2) is 0 Å². The predicted octanol–water partition coefficient (Wildman–Crippen LogP) is 2.55. The number of fused-ring (bicyclic) bond motifs is 1. The molecule has 3 aromatic rings. The van der Waals surface area contributed by atoms with Crippen LogP contribution >= 0.6 is 11.3 Å². The summed E-state index contributed by atoms with van der Waals surface area (Å²) < 4.78 is 4.66. The first-order chi connectivity index (χ1) is 13.5. The van der Waals surface area contributed by atoms with Crippen molar-refractivity contribution < 1.29 is 9.90 Å². The summed E-state index contributed by atoms with van der Waals surface area (Å²) >= 11 is 1.48. The number of aryl methyl sites for hydroxylation is 1. The molecule has 0 aromatic carbocycles. The number of nitrogens with one attached hydrogen (secondary N) is 1. The van der Waals surface area contributed by atoms with E-state index in [0.29, 0.717) is 24.0 Å². The molecule has 150 valence electrons. The Morgan fingerprint density at radius 2 is 2.11 bits per heavy atom. The van der Waals surface area contributed by atoms with Crippen LogP contribution < -0.4 is 11.0 Å². The topological polar surface area (TPSA) is 94.1 Å². The zero-order valence-electron chi connectivity index (χ0n) is 16.1. The lowest BCUT2D eigenvalue weighted by Crippen LogP contribution is -2.30. The number of amides is 1. The largest absolute Gasteiger partial charge is 0.493 e. The van der Waals surface area contributed by atoms with E-state index in [2.05, 4.69) is 10.00 Å². The maximum atomic E-state index is 12.6. The third-order valence-corrected chi connectivity index (χ3v) is 6.62. The zero-order valence-corrected chi connectivity index (χ0v) is 17.0. The second-order valence-corrected chi connectivity index (χ2v) is 8.46. The van der Waals surface area contributed by atoms with Crippen molar-refractivity contribution >= 4 is 27.5 Å². The van der Waals surface area contributed by atoms with Crippen LogP contribution in [-0.2, 0) is 13.6 Å². The molecule has 3 aromatic heterocycles. The summed E-state index contributed by atoms with van der Waals surface area (Å²) in [5, 5.41) is 18.2. The van der Waals surface area contributed by atoms with Crippen LogP contribution in [0.2, 0.25) is 0 Å². The highest BCUT2D eigenvalue weighted by atomic mass is 32.1. The first kappa shape index (κ1) is 18.8. The minimum Gasteiger partial charge on any atom is -0.493 e. The third-order valence-electron chi connectivity index (χ3n) is 5.50. The van der Waals surface area contributed by atoms with Crippen LogP contribution in [-0.4, -0.2) is 36.5 Å². The number of aromatic nitrogens is 4. The molecule has 0 saturated heterocycles. The molecule has 9 heteroatoms. The molecule has 1 aliphatic carbocycles. The molecule has 28 heavy (non-hydrogen) atoms. The van der Waals surface area contributed by atoms with E-state index < -0.39 is 0 Å². The highest BCUT2D eigenvalue weighted by Crippen LogP contribution is 2.35. The number of thiophene rings is 1. The standard InChI is InChI=1S/C19H25N5O3S/c1-12-14-10-15(28-18(14)24(21-12)13-6-4-3-5-7-13)17(26)20-8-9-23-11-16(25)22(2)19(23)27/h10-11,13,25H,3-9H2,1-2H3,(H,20,26). The van der Waals surface area contributed by atoms with Crippen molar-refractivity contribution in [3.05, 3.63) is 33.3 Å². The maximum Gasteiger partial charge on any atom is 0.330 e. The molecule has 4 rings (SSSR count). The number of carbonyl (C=O) groups excluding carboxylic acids is 1. The molecular weight excluding hydrogens is 378 g/mol. The van der Waals surface area contributed by atoms with E-state index in [1.54, 1.807) is 0 Å². The first-order valence-electron chi connectivity index (χ1n) is 9.67. The van der Waals surface area contributed by atoms with Gasteiger partial charge < -0.3 is 10.4 Å².